The molecule has 0 aliphatic carbocycles. The molecule has 102 valence electrons. The van der Waals surface area contributed by atoms with Gasteiger partial charge in [0.1, 0.15) is 5.58 Å². The van der Waals surface area contributed by atoms with E-state index in [0.717, 1.165) is 17.7 Å². The number of rotatable bonds is 3. The van der Waals surface area contributed by atoms with Crippen LogP contribution >= 0.6 is 0 Å². The van der Waals surface area contributed by atoms with E-state index in [0.29, 0.717) is 6.54 Å². The number of likely N-dealkylation sites (tertiary alicyclic amines) is 1. The Morgan fingerprint density at radius 2 is 1.89 bits per heavy atom. The summed E-state index contributed by atoms with van der Waals surface area (Å²) in [7, 11) is 0. The SMILES string of the molecule is NCc1ccc2c(CN3CCCCCC3)coc2c1. The van der Waals surface area contributed by atoms with Gasteiger partial charge in [-0.1, -0.05) is 25.0 Å². The Balaban J connectivity index is 1.80. The van der Waals surface area contributed by atoms with Gasteiger partial charge in [-0.3, -0.25) is 4.90 Å². The van der Waals surface area contributed by atoms with Crippen molar-refractivity contribution in [2.75, 3.05) is 13.1 Å². The summed E-state index contributed by atoms with van der Waals surface area (Å²) in [6.45, 7) is 4.01. The maximum atomic E-state index is 5.68. The monoisotopic (exact) mass is 258 g/mol. The first-order valence-corrected chi connectivity index (χ1v) is 7.28. The van der Waals surface area contributed by atoms with E-state index in [2.05, 4.69) is 23.1 Å². The van der Waals surface area contributed by atoms with Crippen molar-refractivity contribution < 1.29 is 4.42 Å². The topological polar surface area (TPSA) is 42.4 Å². The molecule has 0 spiro atoms. The van der Waals surface area contributed by atoms with E-state index < -0.39 is 0 Å². The van der Waals surface area contributed by atoms with Crippen LogP contribution in [0.4, 0.5) is 0 Å². The van der Waals surface area contributed by atoms with E-state index in [4.69, 9.17) is 10.2 Å². The van der Waals surface area contributed by atoms with Crippen LogP contribution in [0.25, 0.3) is 11.0 Å². The Morgan fingerprint density at radius 1 is 1.11 bits per heavy atom. The summed E-state index contributed by atoms with van der Waals surface area (Å²) in [5.74, 6) is 0. The molecule has 0 unspecified atom stereocenters. The van der Waals surface area contributed by atoms with Gasteiger partial charge in [-0.15, -0.1) is 0 Å². The summed E-state index contributed by atoms with van der Waals surface area (Å²) < 4.78 is 5.68. The molecule has 2 heterocycles. The molecule has 0 atom stereocenters. The van der Waals surface area contributed by atoms with Crippen LogP contribution in [-0.2, 0) is 13.1 Å². The predicted molar refractivity (Wildman–Crippen MR) is 77.9 cm³/mol. The molecule has 1 aromatic carbocycles. The second-order valence-corrected chi connectivity index (χ2v) is 5.49. The lowest BCUT2D eigenvalue weighted by Gasteiger charge is -2.18. The Bertz CT molecular complexity index is 539. The Morgan fingerprint density at radius 3 is 2.63 bits per heavy atom. The molecule has 1 aliphatic heterocycles. The van der Waals surface area contributed by atoms with Crippen LogP contribution in [0.1, 0.15) is 36.8 Å². The highest BCUT2D eigenvalue weighted by molar-refractivity contribution is 5.81. The van der Waals surface area contributed by atoms with Crippen molar-refractivity contribution in [2.24, 2.45) is 5.73 Å². The van der Waals surface area contributed by atoms with Crippen LogP contribution in [0.5, 0.6) is 0 Å². The van der Waals surface area contributed by atoms with Gasteiger partial charge in [0.05, 0.1) is 6.26 Å². The third-order valence-corrected chi connectivity index (χ3v) is 4.05. The van der Waals surface area contributed by atoms with Gasteiger partial charge in [0.25, 0.3) is 0 Å². The van der Waals surface area contributed by atoms with E-state index in [1.54, 1.807) is 0 Å². The van der Waals surface area contributed by atoms with Crippen LogP contribution in [0.15, 0.2) is 28.9 Å². The molecule has 3 heteroatoms. The van der Waals surface area contributed by atoms with Crippen molar-refractivity contribution in [3.8, 4) is 0 Å². The first-order valence-electron chi connectivity index (χ1n) is 7.28. The minimum atomic E-state index is 0.568. The average molecular weight is 258 g/mol. The molecular formula is C16H22N2O. The summed E-state index contributed by atoms with van der Waals surface area (Å²) >= 11 is 0. The highest BCUT2D eigenvalue weighted by atomic mass is 16.3. The molecule has 0 saturated carbocycles. The summed E-state index contributed by atoms with van der Waals surface area (Å²) in [6, 6.07) is 6.30. The molecule has 1 aliphatic rings. The van der Waals surface area contributed by atoms with E-state index >= 15 is 0 Å². The highest BCUT2D eigenvalue weighted by Gasteiger charge is 2.13. The van der Waals surface area contributed by atoms with Crippen molar-refractivity contribution in [1.29, 1.82) is 0 Å². The third kappa shape index (κ3) is 2.82. The second-order valence-electron chi connectivity index (χ2n) is 5.49. The van der Waals surface area contributed by atoms with Gasteiger partial charge in [-0.2, -0.15) is 0 Å². The Hall–Kier alpha value is -1.32. The lowest BCUT2D eigenvalue weighted by atomic mass is 10.1. The van der Waals surface area contributed by atoms with Crippen molar-refractivity contribution >= 4 is 11.0 Å². The molecule has 1 fully saturated rings. The standard InChI is InChI=1S/C16H22N2O/c17-10-13-5-6-15-14(12-19-16(15)9-13)11-18-7-3-1-2-4-8-18/h5-6,9,12H,1-4,7-8,10-11,17H2. The number of hydrogen-bond acceptors (Lipinski definition) is 3. The molecule has 3 rings (SSSR count). The summed E-state index contributed by atoms with van der Waals surface area (Å²) in [5, 5.41) is 1.24. The van der Waals surface area contributed by atoms with Crippen LogP contribution in [0.2, 0.25) is 0 Å². The first-order chi connectivity index (χ1) is 9.36. The maximum absolute atomic E-state index is 5.68. The molecule has 19 heavy (non-hydrogen) atoms. The first kappa shape index (κ1) is 12.7. The number of hydrogen-bond donors (Lipinski definition) is 1. The fraction of sp³-hybridized carbons (Fsp3) is 0.500. The number of nitrogens with two attached hydrogens (primary N) is 1. The minimum Gasteiger partial charge on any atom is -0.464 e. The van der Waals surface area contributed by atoms with E-state index in [-0.39, 0.29) is 0 Å². The predicted octanol–water partition coefficient (Wildman–Crippen LogP) is 3.27. The van der Waals surface area contributed by atoms with Gasteiger partial charge in [0.2, 0.25) is 0 Å². The number of furan rings is 1. The van der Waals surface area contributed by atoms with E-state index in [1.807, 2.05) is 6.26 Å². The molecule has 0 amide bonds. The molecule has 3 nitrogen and oxygen atoms in total. The Kier molecular flexibility index (Phi) is 3.85. The van der Waals surface area contributed by atoms with E-state index in [9.17, 15) is 0 Å². The summed E-state index contributed by atoms with van der Waals surface area (Å²) in [4.78, 5) is 2.55. The fourth-order valence-electron chi connectivity index (χ4n) is 2.91. The van der Waals surface area contributed by atoms with Gasteiger partial charge >= 0.3 is 0 Å². The number of benzene rings is 1. The molecule has 0 bridgehead atoms. The third-order valence-electron chi connectivity index (χ3n) is 4.05. The maximum Gasteiger partial charge on any atom is 0.134 e. The number of nitrogens with zero attached hydrogens (tertiary/aromatic N) is 1. The van der Waals surface area contributed by atoms with Gasteiger partial charge in [-0.05, 0) is 37.6 Å². The number of fused-ring (bicyclic) bond motifs is 1. The smallest absolute Gasteiger partial charge is 0.134 e. The zero-order valence-corrected chi connectivity index (χ0v) is 11.4. The van der Waals surface area contributed by atoms with Crippen LogP contribution in [0.3, 0.4) is 0 Å². The van der Waals surface area contributed by atoms with Gasteiger partial charge in [-0.25, -0.2) is 0 Å². The van der Waals surface area contributed by atoms with Crippen molar-refractivity contribution in [2.45, 2.75) is 38.8 Å². The molecule has 2 N–H and O–H groups in total. The molecule has 2 aromatic rings. The van der Waals surface area contributed by atoms with Gasteiger partial charge in [0.15, 0.2) is 0 Å². The van der Waals surface area contributed by atoms with Crippen molar-refractivity contribution in [1.82, 2.24) is 4.90 Å². The lowest BCUT2D eigenvalue weighted by molar-refractivity contribution is 0.277. The zero-order valence-electron chi connectivity index (χ0n) is 11.4. The molecular weight excluding hydrogens is 236 g/mol. The average Bonchev–Trinajstić information content (AvgIpc) is 2.66. The lowest BCUT2D eigenvalue weighted by Crippen LogP contribution is -2.23. The summed E-state index contributed by atoms with van der Waals surface area (Å²) in [5.41, 5.74) is 9.06. The van der Waals surface area contributed by atoms with Crippen LogP contribution in [0, 0.1) is 0 Å². The normalized spacial score (nSPS) is 17.7. The highest BCUT2D eigenvalue weighted by Crippen LogP contribution is 2.24. The minimum absolute atomic E-state index is 0.568. The molecule has 1 saturated heterocycles. The van der Waals surface area contributed by atoms with Crippen LogP contribution in [-0.4, -0.2) is 18.0 Å². The van der Waals surface area contributed by atoms with Crippen molar-refractivity contribution in [3.05, 3.63) is 35.6 Å². The largest absolute Gasteiger partial charge is 0.464 e. The van der Waals surface area contributed by atoms with Gasteiger partial charge in [0, 0.05) is 24.0 Å². The van der Waals surface area contributed by atoms with Gasteiger partial charge < -0.3 is 10.2 Å². The van der Waals surface area contributed by atoms with Crippen LogP contribution < -0.4 is 5.73 Å². The summed E-state index contributed by atoms with van der Waals surface area (Å²) in [6.07, 6.45) is 7.32. The molecule has 0 radical (unpaired) electrons. The molecule has 1 aromatic heterocycles. The van der Waals surface area contributed by atoms with E-state index in [1.165, 1.54) is 49.7 Å². The zero-order chi connectivity index (χ0) is 13.1. The Labute approximate surface area is 114 Å². The fourth-order valence-corrected chi connectivity index (χ4v) is 2.91. The quantitative estimate of drug-likeness (QED) is 0.918. The van der Waals surface area contributed by atoms with Crippen molar-refractivity contribution in [3.63, 3.8) is 0 Å². The second kappa shape index (κ2) is 5.76.